The first kappa shape index (κ1) is 19.6. The van der Waals surface area contributed by atoms with Gasteiger partial charge in [-0.05, 0) is 66.9 Å². The lowest BCUT2D eigenvalue weighted by atomic mass is 10.0. The molecule has 1 amide bonds. The predicted molar refractivity (Wildman–Crippen MR) is 121 cm³/mol. The second kappa shape index (κ2) is 8.33. The summed E-state index contributed by atoms with van der Waals surface area (Å²) < 4.78 is 1.96. The number of benzene rings is 3. The number of rotatable bonds is 5. The van der Waals surface area contributed by atoms with E-state index < -0.39 is 0 Å². The Labute approximate surface area is 176 Å². The van der Waals surface area contributed by atoms with Crippen LogP contribution in [0.1, 0.15) is 39.8 Å². The third kappa shape index (κ3) is 4.30. The van der Waals surface area contributed by atoms with Gasteiger partial charge in [-0.15, -0.1) is 0 Å². The van der Waals surface area contributed by atoms with E-state index >= 15 is 0 Å². The van der Waals surface area contributed by atoms with Gasteiger partial charge in [-0.1, -0.05) is 48.5 Å². The van der Waals surface area contributed by atoms with Crippen molar-refractivity contribution in [3.05, 3.63) is 101 Å². The standard InChI is InChI=1S/C25H24N4O/c1-17-14-18(2)29(28-17)16-20-8-10-22(11-9-20)25(30)27-26-19(3)23-13-12-21-6-4-5-7-24(21)15-23/h4-15H,16H2,1-3H3,(H,27,30)/b26-19-. The Balaban J connectivity index is 1.43. The summed E-state index contributed by atoms with van der Waals surface area (Å²) in [5.74, 6) is -0.229. The highest BCUT2D eigenvalue weighted by molar-refractivity contribution is 6.03. The van der Waals surface area contributed by atoms with Gasteiger partial charge in [0.15, 0.2) is 0 Å². The van der Waals surface area contributed by atoms with E-state index in [0.717, 1.165) is 33.6 Å². The quantitative estimate of drug-likeness (QED) is 0.387. The predicted octanol–water partition coefficient (Wildman–Crippen LogP) is 4.86. The largest absolute Gasteiger partial charge is 0.271 e. The molecule has 5 nitrogen and oxygen atoms in total. The molecule has 4 aromatic rings. The van der Waals surface area contributed by atoms with E-state index in [1.165, 1.54) is 5.39 Å². The lowest BCUT2D eigenvalue weighted by Gasteiger charge is -2.07. The number of nitrogens with one attached hydrogen (secondary N) is 1. The van der Waals surface area contributed by atoms with Crippen molar-refractivity contribution in [1.29, 1.82) is 0 Å². The molecule has 0 spiro atoms. The van der Waals surface area contributed by atoms with Gasteiger partial charge < -0.3 is 0 Å². The highest BCUT2D eigenvalue weighted by Crippen LogP contribution is 2.16. The molecule has 0 atom stereocenters. The van der Waals surface area contributed by atoms with Gasteiger partial charge in [0.1, 0.15) is 0 Å². The maximum absolute atomic E-state index is 12.5. The number of amides is 1. The minimum absolute atomic E-state index is 0.229. The Morgan fingerprint density at radius 2 is 1.63 bits per heavy atom. The molecule has 30 heavy (non-hydrogen) atoms. The Kier molecular flexibility index (Phi) is 5.44. The first-order chi connectivity index (χ1) is 14.5. The van der Waals surface area contributed by atoms with Crippen LogP contribution in [-0.2, 0) is 6.54 Å². The first-order valence-electron chi connectivity index (χ1n) is 9.93. The summed E-state index contributed by atoms with van der Waals surface area (Å²) in [4.78, 5) is 12.5. The van der Waals surface area contributed by atoms with Gasteiger partial charge in [0.2, 0.25) is 0 Å². The molecule has 4 rings (SSSR count). The molecule has 0 bridgehead atoms. The van der Waals surface area contributed by atoms with Gasteiger partial charge in [0.25, 0.3) is 5.91 Å². The summed E-state index contributed by atoms with van der Waals surface area (Å²) >= 11 is 0. The first-order valence-corrected chi connectivity index (χ1v) is 9.93. The third-order valence-electron chi connectivity index (χ3n) is 5.14. The average molecular weight is 396 g/mol. The molecule has 0 aliphatic rings. The number of hydrogen-bond acceptors (Lipinski definition) is 3. The fraction of sp³-hybridized carbons (Fsp3) is 0.160. The molecule has 0 saturated heterocycles. The molecule has 1 N–H and O–H groups in total. The molecule has 1 aromatic heterocycles. The number of aryl methyl sites for hydroxylation is 2. The van der Waals surface area contributed by atoms with Crippen molar-refractivity contribution in [1.82, 2.24) is 15.2 Å². The molecule has 0 saturated carbocycles. The number of carbonyl (C=O) groups excluding carboxylic acids is 1. The molecular formula is C25H24N4O. The number of nitrogens with zero attached hydrogens (tertiary/aromatic N) is 3. The Morgan fingerprint density at radius 1 is 0.933 bits per heavy atom. The van der Waals surface area contributed by atoms with Gasteiger partial charge in [0.05, 0.1) is 18.0 Å². The fourth-order valence-electron chi connectivity index (χ4n) is 3.45. The van der Waals surface area contributed by atoms with E-state index in [9.17, 15) is 4.79 Å². The maximum atomic E-state index is 12.5. The molecule has 150 valence electrons. The van der Waals surface area contributed by atoms with E-state index in [1.54, 1.807) is 0 Å². The molecule has 0 radical (unpaired) electrons. The smallest absolute Gasteiger partial charge is 0.267 e. The lowest BCUT2D eigenvalue weighted by Crippen LogP contribution is -2.19. The number of carbonyl (C=O) groups is 1. The van der Waals surface area contributed by atoms with Crippen molar-refractivity contribution in [2.24, 2.45) is 5.10 Å². The Bertz CT molecular complexity index is 1240. The molecule has 0 fully saturated rings. The van der Waals surface area contributed by atoms with Crippen LogP contribution in [0.4, 0.5) is 0 Å². The van der Waals surface area contributed by atoms with E-state index in [1.807, 2.05) is 67.9 Å². The summed E-state index contributed by atoms with van der Waals surface area (Å²) in [6.45, 7) is 6.59. The third-order valence-corrected chi connectivity index (χ3v) is 5.14. The van der Waals surface area contributed by atoms with Crippen molar-refractivity contribution in [2.75, 3.05) is 0 Å². The van der Waals surface area contributed by atoms with E-state index in [4.69, 9.17) is 0 Å². The van der Waals surface area contributed by atoms with Crippen molar-refractivity contribution in [2.45, 2.75) is 27.3 Å². The van der Waals surface area contributed by atoms with Crippen LogP contribution in [0.2, 0.25) is 0 Å². The van der Waals surface area contributed by atoms with Crippen LogP contribution in [0.3, 0.4) is 0 Å². The summed E-state index contributed by atoms with van der Waals surface area (Å²) in [6, 6.07) is 23.9. The van der Waals surface area contributed by atoms with E-state index in [-0.39, 0.29) is 5.91 Å². The summed E-state index contributed by atoms with van der Waals surface area (Å²) in [7, 11) is 0. The van der Waals surface area contributed by atoms with E-state index in [2.05, 4.69) is 46.0 Å². The van der Waals surface area contributed by atoms with Crippen LogP contribution >= 0.6 is 0 Å². The zero-order valence-electron chi connectivity index (χ0n) is 17.4. The van der Waals surface area contributed by atoms with Crippen molar-refractivity contribution >= 4 is 22.4 Å². The van der Waals surface area contributed by atoms with E-state index in [0.29, 0.717) is 12.1 Å². The number of fused-ring (bicyclic) bond motifs is 1. The normalized spacial score (nSPS) is 11.6. The van der Waals surface area contributed by atoms with Crippen molar-refractivity contribution in [3.63, 3.8) is 0 Å². The summed E-state index contributed by atoms with van der Waals surface area (Å²) in [5, 5.41) is 11.1. The molecule has 1 heterocycles. The topological polar surface area (TPSA) is 59.3 Å². The highest BCUT2D eigenvalue weighted by Gasteiger charge is 2.07. The van der Waals surface area contributed by atoms with Crippen molar-refractivity contribution in [3.8, 4) is 0 Å². The van der Waals surface area contributed by atoms with Crippen LogP contribution in [0.5, 0.6) is 0 Å². The number of hydrogen-bond donors (Lipinski definition) is 1. The van der Waals surface area contributed by atoms with Gasteiger partial charge in [-0.25, -0.2) is 5.43 Å². The lowest BCUT2D eigenvalue weighted by molar-refractivity contribution is 0.0955. The van der Waals surface area contributed by atoms with Crippen LogP contribution in [0, 0.1) is 13.8 Å². The fourth-order valence-corrected chi connectivity index (χ4v) is 3.45. The monoisotopic (exact) mass is 396 g/mol. The number of hydrazone groups is 1. The van der Waals surface area contributed by atoms with Gasteiger partial charge in [-0.2, -0.15) is 10.2 Å². The zero-order chi connectivity index (χ0) is 21.1. The molecule has 0 unspecified atom stereocenters. The van der Waals surface area contributed by atoms with Crippen molar-refractivity contribution < 1.29 is 4.79 Å². The highest BCUT2D eigenvalue weighted by atomic mass is 16.2. The molecular weight excluding hydrogens is 372 g/mol. The molecule has 0 aliphatic carbocycles. The molecule has 0 aliphatic heterocycles. The molecule has 3 aromatic carbocycles. The average Bonchev–Trinajstić information content (AvgIpc) is 3.08. The second-order valence-corrected chi connectivity index (χ2v) is 7.48. The van der Waals surface area contributed by atoms with Crippen LogP contribution < -0.4 is 5.43 Å². The second-order valence-electron chi connectivity index (χ2n) is 7.48. The number of aromatic nitrogens is 2. The Morgan fingerprint density at radius 3 is 2.33 bits per heavy atom. The van der Waals surface area contributed by atoms with Gasteiger partial charge in [0, 0.05) is 11.3 Å². The van der Waals surface area contributed by atoms with Crippen LogP contribution in [0.25, 0.3) is 10.8 Å². The zero-order valence-corrected chi connectivity index (χ0v) is 17.4. The summed E-state index contributed by atoms with van der Waals surface area (Å²) in [6.07, 6.45) is 0. The summed E-state index contributed by atoms with van der Waals surface area (Å²) in [5.41, 5.74) is 8.18. The SMILES string of the molecule is C/C(=N/NC(=O)c1ccc(Cn2nc(C)cc2C)cc1)c1ccc2ccccc2c1. The van der Waals surface area contributed by atoms with Gasteiger partial charge >= 0.3 is 0 Å². The Hall–Kier alpha value is -3.73. The minimum Gasteiger partial charge on any atom is -0.267 e. The van der Waals surface area contributed by atoms with Crippen LogP contribution in [-0.4, -0.2) is 21.4 Å². The maximum Gasteiger partial charge on any atom is 0.271 e. The van der Waals surface area contributed by atoms with Crippen LogP contribution in [0.15, 0.2) is 77.9 Å². The van der Waals surface area contributed by atoms with Gasteiger partial charge in [-0.3, -0.25) is 9.48 Å². The minimum atomic E-state index is -0.229. The molecule has 5 heteroatoms.